The van der Waals surface area contributed by atoms with Gasteiger partial charge in [0.05, 0.1) is 5.69 Å². The zero-order valence-electron chi connectivity index (χ0n) is 12.2. The molecule has 1 aromatic heterocycles. The SMILES string of the molecule is CCCn1cc(CNCc2cccc(F)c2F)c(C)n1.Cl. The van der Waals surface area contributed by atoms with E-state index in [1.54, 1.807) is 6.07 Å². The van der Waals surface area contributed by atoms with Crippen LogP contribution in [0.3, 0.4) is 0 Å². The molecule has 2 rings (SSSR count). The molecule has 1 aromatic carbocycles. The number of aryl methyl sites for hydroxylation is 2. The molecular formula is C15H20ClF2N3. The average Bonchev–Trinajstić information content (AvgIpc) is 2.75. The topological polar surface area (TPSA) is 29.9 Å². The van der Waals surface area contributed by atoms with Gasteiger partial charge in [-0.25, -0.2) is 8.78 Å². The van der Waals surface area contributed by atoms with Crippen LogP contribution in [0, 0.1) is 18.6 Å². The van der Waals surface area contributed by atoms with Crippen molar-refractivity contribution in [3.05, 3.63) is 52.9 Å². The monoisotopic (exact) mass is 315 g/mol. The van der Waals surface area contributed by atoms with Crippen molar-refractivity contribution in [2.45, 2.75) is 39.9 Å². The molecule has 0 unspecified atom stereocenters. The molecule has 0 saturated carbocycles. The first-order valence-electron chi connectivity index (χ1n) is 6.78. The Bertz CT molecular complexity index is 584. The summed E-state index contributed by atoms with van der Waals surface area (Å²) in [6.45, 7) is 5.82. The van der Waals surface area contributed by atoms with Crippen molar-refractivity contribution in [2.75, 3.05) is 0 Å². The highest BCUT2D eigenvalue weighted by Crippen LogP contribution is 2.12. The van der Waals surface area contributed by atoms with Crippen LogP contribution in [0.2, 0.25) is 0 Å². The van der Waals surface area contributed by atoms with E-state index in [1.807, 2.05) is 17.8 Å². The molecule has 0 atom stereocenters. The van der Waals surface area contributed by atoms with Gasteiger partial charge >= 0.3 is 0 Å². The third-order valence-corrected chi connectivity index (χ3v) is 3.16. The number of halogens is 3. The van der Waals surface area contributed by atoms with Crippen LogP contribution in [0.25, 0.3) is 0 Å². The Morgan fingerprint density at radius 2 is 1.90 bits per heavy atom. The number of hydrogen-bond donors (Lipinski definition) is 1. The van der Waals surface area contributed by atoms with Gasteiger partial charge in [0.15, 0.2) is 11.6 Å². The third kappa shape index (κ3) is 4.51. The molecule has 0 aliphatic heterocycles. The van der Waals surface area contributed by atoms with Crippen molar-refractivity contribution >= 4 is 12.4 Å². The number of hydrogen-bond acceptors (Lipinski definition) is 2. The molecule has 0 saturated heterocycles. The van der Waals surface area contributed by atoms with E-state index < -0.39 is 11.6 Å². The van der Waals surface area contributed by atoms with E-state index in [0.717, 1.165) is 30.3 Å². The first-order valence-corrected chi connectivity index (χ1v) is 6.78. The van der Waals surface area contributed by atoms with Crippen molar-refractivity contribution < 1.29 is 8.78 Å². The van der Waals surface area contributed by atoms with E-state index in [9.17, 15) is 8.78 Å². The van der Waals surface area contributed by atoms with E-state index in [0.29, 0.717) is 18.7 Å². The van der Waals surface area contributed by atoms with Crippen LogP contribution in [0.15, 0.2) is 24.4 Å². The molecule has 0 radical (unpaired) electrons. The number of rotatable bonds is 6. The number of benzene rings is 1. The molecule has 21 heavy (non-hydrogen) atoms. The number of nitrogens with zero attached hydrogens (tertiary/aromatic N) is 2. The summed E-state index contributed by atoms with van der Waals surface area (Å²) < 4.78 is 28.5. The second kappa shape index (κ2) is 8.10. The molecule has 1 heterocycles. The fraction of sp³-hybridized carbons (Fsp3) is 0.400. The minimum atomic E-state index is -0.809. The Balaban J connectivity index is 0.00000220. The third-order valence-electron chi connectivity index (χ3n) is 3.16. The summed E-state index contributed by atoms with van der Waals surface area (Å²) in [6.07, 6.45) is 3.02. The molecule has 3 nitrogen and oxygen atoms in total. The maximum absolute atomic E-state index is 13.5. The van der Waals surface area contributed by atoms with Gasteiger partial charge in [0.2, 0.25) is 0 Å². The van der Waals surface area contributed by atoms with Gasteiger partial charge in [0.25, 0.3) is 0 Å². The minimum Gasteiger partial charge on any atom is -0.308 e. The predicted octanol–water partition coefficient (Wildman–Crippen LogP) is 3.59. The van der Waals surface area contributed by atoms with Crippen LogP contribution in [0.1, 0.15) is 30.2 Å². The summed E-state index contributed by atoms with van der Waals surface area (Å²) in [5.41, 5.74) is 2.38. The van der Waals surface area contributed by atoms with Gasteiger partial charge in [-0.3, -0.25) is 4.68 Å². The number of aromatic nitrogens is 2. The van der Waals surface area contributed by atoms with Gasteiger partial charge in [0, 0.05) is 37.0 Å². The second-order valence-electron chi connectivity index (χ2n) is 4.82. The van der Waals surface area contributed by atoms with Crippen LogP contribution < -0.4 is 5.32 Å². The lowest BCUT2D eigenvalue weighted by molar-refractivity contribution is 0.492. The smallest absolute Gasteiger partial charge is 0.163 e. The Hall–Kier alpha value is -1.46. The summed E-state index contributed by atoms with van der Waals surface area (Å²) in [5, 5.41) is 7.52. The summed E-state index contributed by atoms with van der Waals surface area (Å²) >= 11 is 0. The first kappa shape index (κ1) is 17.6. The fourth-order valence-corrected chi connectivity index (χ4v) is 2.09. The highest BCUT2D eigenvalue weighted by molar-refractivity contribution is 5.85. The van der Waals surface area contributed by atoms with Crippen LogP contribution in [-0.4, -0.2) is 9.78 Å². The van der Waals surface area contributed by atoms with Gasteiger partial charge in [-0.1, -0.05) is 19.1 Å². The molecule has 2 aromatic rings. The van der Waals surface area contributed by atoms with Crippen LogP contribution >= 0.6 is 12.4 Å². The Kier molecular flexibility index (Phi) is 6.78. The molecule has 6 heteroatoms. The largest absolute Gasteiger partial charge is 0.308 e. The molecule has 0 spiro atoms. The van der Waals surface area contributed by atoms with Crippen molar-refractivity contribution in [3.63, 3.8) is 0 Å². The van der Waals surface area contributed by atoms with Gasteiger partial charge in [0.1, 0.15) is 0 Å². The quantitative estimate of drug-likeness (QED) is 0.883. The molecule has 0 bridgehead atoms. The maximum Gasteiger partial charge on any atom is 0.163 e. The van der Waals surface area contributed by atoms with Crippen LogP contribution in [-0.2, 0) is 19.6 Å². The average molecular weight is 316 g/mol. The normalized spacial score (nSPS) is 10.5. The Morgan fingerprint density at radius 1 is 1.19 bits per heavy atom. The van der Waals surface area contributed by atoms with Crippen molar-refractivity contribution in [1.29, 1.82) is 0 Å². The molecule has 0 fully saturated rings. The zero-order chi connectivity index (χ0) is 14.5. The van der Waals surface area contributed by atoms with Crippen LogP contribution in [0.5, 0.6) is 0 Å². The van der Waals surface area contributed by atoms with E-state index in [1.165, 1.54) is 6.07 Å². The van der Waals surface area contributed by atoms with Crippen molar-refractivity contribution in [1.82, 2.24) is 15.1 Å². The maximum atomic E-state index is 13.5. The molecule has 1 N–H and O–H groups in total. The van der Waals surface area contributed by atoms with E-state index in [4.69, 9.17) is 0 Å². The lowest BCUT2D eigenvalue weighted by Crippen LogP contribution is -2.14. The lowest BCUT2D eigenvalue weighted by atomic mass is 10.2. The van der Waals surface area contributed by atoms with Crippen molar-refractivity contribution in [2.24, 2.45) is 0 Å². The molecule has 0 aliphatic carbocycles. The van der Waals surface area contributed by atoms with E-state index in [2.05, 4.69) is 17.3 Å². The molecular weight excluding hydrogens is 296 g/mol. The van der Waals surface area contributed by atoms with E-state index in [-0.39, 0.29) is 12.4 Å². The van der Waals surface area contributed by atoms with Crippen molar-refractivity contribution in [3.8, 4) is 0 Å². The first-order chi connectivity index (χ1) is 9.61. The summed E-state index contributed by atoms with van der Waals surface area (Å²) in [5.74, 6) is -1.59. The summed E-state index contributed by atoms with van der Waals surface area (Å²) in [4.78, 5) is 0. The molecule has 116 valence electrons. The van der Waals surface area contributed by atoms with E-state index >= 15 is 0 Å². The zero-order valence-corrected chi connectivity index (χ0v) is 13.0. The van der Waals surface area contributed by atoms with Gasteiger partial charge < -0.3 is 5.32 Å². The van der Waals surface area contributed by atoms with Gasteiger partial charge in [-0.15, -0.1) is 12.4 Å². The highest BCUT2D eigenvalue weighted by atomic mass is 35.5. The Labute approximate surface area is 129 Å². The molecule has 0 aliphatic rings. The standard InChI is InChI=1S/C15H19F2N3.ClH/c1-3-7-20-10-13(11(2)19-20)9-18-8-12-5-4-6-14(16)15(12)17;/h4-6,10,18H,3,7-9H2,1-2H3;1H. The Morgan fingerprint density at radius 3 is 2.62 bits per heavy atom. The predicted molar refractivity (Wildman–Crippen MR) is 81.4 cm³/mol. The lowest BCUT2D eigenvalue weighted by Gasteiger charge is -2.05. The summed E-state index contributed by atoms with van der Waals surface area (Å²) in [6, 6.07) is 4.22. The van der Waals surface area contributed by atoms with Gasteiger partial charge in [-0.2, -0.15) is 5.10 Å². The van der Waals surface area contributed by atoms with Crippen LogP contribution in [0.4, 0.5) is 8.78 Å². The summed E-state index contributed by atoms with van der Waals surface area (Å²) in [7, 11) is 0. The number of nitrogens with one attached hydrogen (secondary N) is 1. The second-order valence-corrected chi connectivity index (χ2v) is 4.82. The highest BCUT2D eigenvalue weighted by Gasteiger charge is 2.08. The minimum absolute atomic E-state index is 0. The molecule has 0 amide bonds. The van der Waals surface area contributed by atoms with Gasteiger partial charge in [-0.05, 0) is 19.4 Å². The fourth-order valence-electron chi connectivity index (χ4n) is 2.09.